The molecule has 2 heterocycles. The fourth-order valence-corrected chi connectivity index (χ4v) is 8.56. The second-order valence-corrected chi connectivity index (χ2v) is 17.3. The zero-order valence-electron chi connectivity index (χ0n) is 38.1. The summed E-state index contributed by atoms with van der Waals surface area (Å²) in [6, 6.07) is 8.00. The molecule has 0 saturated carbocycles. The number of anilines is 1. The third-order valence-corrected chi connectivity index (χ3v) is 12.1. The molecular formula is C48H77N5O7S. The number of thiazole rings is 1. The van der Waals surface area contributed by atoms with Crippen molar-refractivity contribution in [2.75, 3.05) is 64.9 Å². The summed E-state index contributed by atoms with van der Waals surface area (Å²) in [5.74, 6) is -0.211. The number of carbonyl (C=O) groups is 4. The molecule has 0 aliphatic rings. The molecule has 61 heavy (non-hydrogen) atoms. The summed E-state index contributed by atoms with van der Waals surface area (Å²) in [6.45, 7) is 11.3. The highest BCUT2D eigenvalue weighted by Crippen LogP contribution is 2.34. The zero-order chi connectivity index (χ0) is 43.9. The van der Waals surface area contributed by atoms with Crippen molar-refractivity contribution in [3.63, 3.8) is 0 Å². The first-order valence-electron chi connectivity index (χ1n) is 23.6. The van der Waals surface area contributed by atoms with Crippen LogP contribution in [0.2, 0.25) is 0 Å². The summed E-state index contributed by atoms with van der Waals surface area (Å²) in [6.07, 6.45) is 20.0. The molecule has 0 spiro atoms. The van der Waals surface area contributed by atoms with Gasteiger partial charge in [0, 0.05) is 31.4 Å². The van der Waals surface area contributed by atoms with Crippen molar-refractivity contribution in [1.82, 2.24) is 19.8 Å². The number of fused-ring (bicyclic) bond motifs is 3. The summed E-state index contributed by atoms with van der Waals surface area (Å²) in [5.41, 5.74) is 1.60. The number of nitrogens with one attached hydrogen (secondary N) is 1. The molecule has 0 aliphatic heterocycles. The Labute approximate surface area is 370 Å². The maximum Gasteiger partial charge on any atom is 0.307 e. The van der Waals surface area contributed by atoms with Crippen LogP contribution >= 0.6 is 11.3 Å². The molecule has 0 aliphatic carbocycles. The number of amides is 1. The minimum absolute atomic E-state index is 0.0718. The molecule has 1 aromatic carbocycles. The lowest BCUT2D eigenvalue weighted by atomic mass is 10.1. The van der Waals surface area contributed by atoms with Gasteiger partial charge >= 0.3 is 17.9 Å². The highest BCUT2D eigenvalue weighted by Gasteiger charge is 2.17. The number of ether oxygens (including phenoxy) is 3. The first-order valence-corrected chi connectivity index (χ1v) is 24.4. The van der Waals surface area contributed by atoms with E-state index < -0.39 is 0 Å². The lowest BCUT2D eigenvalue weighted by molar-refractivity contribution is -0.145. The Hall–Kier alpha value is -3.68. The van der Waals surface area contributed by atoms with Gasteiger partial charge in [-0.2, -0.15) is 0 Å². The average molecular weight is 868 g/mol. The Morgan fingerprint density at radius 1 is 0.590 bits per heavy atom. The second-order valence-electron chi connectivity index (χ2n) is 16.2. The minimum atomic E-state index is -0.281. The number of nitrogens with zero attached hydrogens (tertiary/aromatic N) is 4. The van der Waals surface area contributed by atoms with Crippen LogP contribution in [0, 0.1) is 0 Å². The van der Waals surface area contributed by atoms with Crippen molar-refractivity contribution < 1.29 is 33.4 Å². The maximum absolute atomic E-state index is 13.2. The Morgan fingerprint density at radius 2 is 1.13 bits per heavy atom. The number of para-hydroxylation sites is 1. The third kappa shape index (κ3) is 21.8. The standard InChI is InChI=1S/C48H77N5O7S/c1-5-8-10-12-14-21-37-59-44(56)29-35-52(32-23-33-53(34-28-43(55)58-4)36-30-45(57)60-38-22-15-13-11-9-6-2)31-20-16-17-27-41(54)50-48-46-47(61-42(51-46)24-7-3)39-25-18-19-26-40(39)49-48/h18-19,25-26H,5-17,20-24,27-38H2,1-4H3,(H,49,50,54). The summed E-state index contributed by atoms with van der Waals surface area (Å²) in [4.78, 5) is 64.6. The number of aromatic nitrogens is 2. The van der Waals surface area contributed by atoms with Gasteiger partial charge in [0.25, 0.3) is 0 Å². The van der Waals surface area contributed by atoms with Gasteiger partial charge in [0.05, 0.1) is 54.8 Å². The van der Waals surface area contributed by atoms with E-state index in [2.05, 4.69) is 42.0 Å². The van der Waals surface area contributed by atoms with Crippen LogP contribution in [-0.2, 0) is 39.8 Å². The Bertz CT molecular complexity index is 1700. The van der Waals surface area contributed by atoms with Crippen LogP contribution in [-0.4, -0.2) is 103 Å². The molecule has 0 atom stereocenters. The molecule has 0 fully saturated rings. The van der Waals surface area contributed by atoms with Crippen molar-refractivity contribution in [3.8, 4) is 0 Å². The molecule has 2 aromatic heterocycles. The van der Waals surface area contributed by atoms with Gasteiger partial charge in [0.15, 0.2) is 5.82 Å². The molecule has 3 rings (SSSR count). The van der Waals surface area contributed by atoms with E-state index in [4.69, 9.17) is 24.2 Å². The lowest BCUT2D eigenvalue weighted by Gasteiger charge is -2.25. The van der Waals surface area contributed by atoms with Gasteiger partial charge in [0.1, 0.15) is 5.52 Å². The maximum atomic E-state index is 13.2. The van der Waals surface area contributed by atoms with E-state index in [1.165, 1.54) is 58.5 Å². The number of carbonyl (C=O) groups excluding carboxylic acids is 4. The molecule has 0 bridgehead atoms. The minimum Gasteiger partial charge on any atom is -0.469 e. The predicted molar refractivity (Wildman–Crippen MR) is 248 cm³/mol. The quantitative estimate of drug-likeness (QED) is 0.0339. The number of aryl methyl sites for hydroxylation is 1. The number of rotatable bonds is 36. The van der Waals surface area contributed by atoms with E-state index in [9.17, 15) is 19.2 Å². The Kier molecular flexibility index (Phi) is 27.2. The van der Waals surface area contributed by atoms with Crippen molar-refractivity contribution in [1.29, 1.82) is 0 Å². The molecule has 1 N–H and O–H groups in total. The fourth-order valence-electron chi connectivity index (χ4n) is 7.36. The van der Waals surface area contributed by atoms with Gasteiger partial charge in [-0.3, -0.25) is 19.2 Å². The van der Waals surface area contributed by atoms with Crippen LogP contribution in [0.5, 0.6) is 0 Å². The number of unbranched alkanes of at least 4 members (excludes halogenated alkanes) is 12. The van der Waals surface area contributed by atoms with Crippen LogP contribution in [0.4, 0.5) is 5.82 Å². The summed E-state index contributed by atoms with van der Waals surface area (Å²) in [7, 11) is 1.39. The highest BCUT2D eigenvalue weighted by molar-refractivity contribution is 7.19. The Balaban J connectivity index is 1.51. The summed E-state index contributed by atoms with van der Waals surface area (Å²) >= 11 is 1.68. The smallest absolute Gasteiger partial charge is 0.307 e. The summed E-state index contributed by atoms with van der Waals surface area (Å²) in [5, 5.41) is 5.17. The van der Waals surface area contributed by atoms with Crippen LogP contribution < -0.4 is 5.32 Å². The monoisotopic (exact) mass is 868 g/mol. The normalized spacial score (nSPS) is 11.5. The molecule has 342 valence electrons. The van der Waals surface area contributed by atoms with Crippen molar-refractivity contribution in [2.45, 2.75) is 162 Å². The number of esters is 3. The molecule has 12 nitrogen and oxygen atoms in total. The molecule has 0 unspecified atom stereocenters. The van der Waals surface area contributed by atoms with Gasteiger partial charge in [-0.05, 0) is 70.6 Å². The number of hydrogen-bond donors (Lipinski definition) is 1. The molecule has 13 heteroatoms. The van der Waals surface area contributed by atoms with Gasteiger partial charge in [-0.25, -0.2) is 9.97 Å². The average Bonchev–Trinajstić information content (AvgIpc) is 3.69. The van der Waals surface area contributed by atoms with E-state index in [1.54, 1.807) is 11.3 Å². The molecule has 3 aromatic rings. The summed E-state index contributed by atoms with van der Waals surface area (Å²) < 4.78 is 17.0. The first-order chi connectivity index (χ1) is 29.8. The van der Waals surface area contributed by atoms with Gasteiger partial charge in [0.2, 0.25) is 5.91 Å². The number of pyridine rings is 1. The van der Waals surface area contributed by atoms with Gasteiger partial charge in [-0.15, -0.1) is 11.3 Å². The molecule has 1 amide bonds. The van der Waals surface area contributed by atoms with Crippen LogP contribution in [0.3, 0.4) is 0 Å². The van der Waals surface area contributed by atoms with Crippen LogP contribution in [0.15, 0.2) is 24.3 Å². The second kappa shape index (κ2) is 32.1. The van der Waals surface area contributed by atoms with Gasteiger partial charge < -0.3 is 29.3 Å². The lowest BCUT2D eigenvalue weighted by Crippen LogP contribution is -2.34. The largest absolute Gasteiger partial charge is 0.469 e. The number of benzene rings is 1. The van der Waals surface area contributed by atoms with E-state index in [0.717, 1.165) is 103 Å². The van der Waals surface area contributed by atoms with Crippen molar-refractivity contribution in [2.24, 2.45) is 0 Å². The van der Waals surface area contributed by atoms with Crippen molar-refractivity contribution in [3.05, 3.63) is 29.3 Å². The van der Waals surface area contributed by atoms with E-state index in [-0.39, 0.29) is 36.7 Å². The van der Waals surface area contributed by atoms with Crippen LogP contribution in [0.25, 0.3) is 21.1 Å². The third-order valence-electron chi connectivity index (χ3n) is 11.0. The molecular weight excluding hydrogens is 791 g/mol. The number of methoxy groups -OCH3 is 1. The topological polar surface area (TPSA) is 140 Å². The van der Waals surface area contributed by atoms with Crippen LogP contribution in [0.1, 0.15) is 161 Å². The Morgan fingerprint density at radius 3 is 1.74 bits per heavy atom. The molecule has 0 saturated heterocycles. The van der Waals surface area contributed by atoms with Gasteiger partial charge in [-0.1, -0.05) is 110 Å². The van der Waals surface area contributed by atoms with E-state index in [0.29, 0.717) is 58.1 Å². The van der Waals surface area contributed by atoms with E-state index >= 15 is 0 Å². The molecule has 0 radical (unpaired) electrons. The predicted octanol–water partition coefficient (Wildman–Crippen LogP) is 10.4. The fraction of sp³-hybridized carbons (Fsp3) is 0.708. The number of hydrogen-bond acceptors (Lipinski definition) is 12. The van der Waals surface area contributed by atoms with E-state index in [1.807, 2.05) is 18.2 Å². The van der Waals surface area contributed by atoms with Crippen molar-refractivity contribution >= 4 is 62.1 Å². The first kappa shape index (κ1) is 51.7. The highest BCUT2D eigenvalue weighted by atomic mass is 32.1. The zero-order valence-corrected chi connectivity index (χ0v) is 38.9. The SMILES string of the molecule is CCCCCCCCOC(=O)CCN(CCCCCC(=O)Nc1nc2ccccc2c2sc(CCC)nc12)CCCN(CCC(=O)OC)CCC(=O)OCCCCCCCC.